The maximum Gasteiger partial charge on any atom is 0.211 e. The highest BCUT2D eigenvalue weighted by Crippen LogP contribution is 2.06. The predicted octanol–water partition coefficient (Wildman–Crippen LogP) is 0.966. The molecule has 9 heavy (non-hydrogen) atoms. The number of hydrogen-bond acceptors (Lipinski definition) is 1. The highest BCUT2D eigenvalue weighted by Gasteiger charge is 1.94. The van der Waals surface area contributed by atoms with Crippen LogP contribution in [0.15, 0.2) is 23.9 Å². The number of hydrogen-bond donors (Lipinski definition) is 1. The molecule has 1 rings (SSSR count). The lowest BCUT2D eigenvalue weighted by Crippen LogP contribution is -2.10. The van der Waals surface area contributed by atoms with Gasteiger partial charge in [-0.05, 0) is 18.9 Å². The Kier molecular flexibility index (Phi) is 2.07. The summed E-state index contributed by atoms with van der Waals surface area (Å²) in [5.74, 6) is 0. The molecule has 0 heterocycles. The molecule has 2 heteroatoms. The Morgan fingerprint density at radius 2 is 2.56 bits per heavy atom. The molecule has 0 radical (unpaired) electrons. The van der Waals surface area contributed by atoms with Gasteiger partial charge in [0.25, 0.3) is 0 Å². The standard InChI is InChI=1S/C7H9NO/c9-6-8-7-4-2-1-3-5-7/h1-2,4,6H,3,5H2,(H,8,9). The number of amides is 1. The Morgan fingerprint density at radius 3 is 3.11 bits per heavy atom. The lowest BCUT2D eigenvalue weighted by Gasteiger charge is -2.04. The summed E-state index contributed by atoms with van der Waals surface area (Å²) in [6.07, 6.45) is 8.65. The van der Waals surface area contributed by atoms with Gasteiger partial charge in [0, 0.05) is 5.70 Å². The van der Waals surface area contributed by atoms with Crippen LogP contribution in [0.4, 0.5) is 0 Å². The van der Waals surface area contributed by atoms with Crippen LogP contribution >= 0.6 is 0 Å². The molecule has 48 valence electrons. The van der Waals surface area contributed by atoms with Crippen molar-refractivity contribution in [1.29, 1.82) is 0 Å². The highest BCUT2D eigenvalue weighted by atomic mass is 16.1. The molecule has 1 aliphatic carbocycles. The van der Waals surface area contributed by atoms with E-state index in [4.69, 9.17) is 0 Å². The van der Waals surface area contributed by atoms with E-state index in [9.17, 15) is 4.79 Å². The monoisotopic (exact) mass is 123 g/mol. The van der Waals surface area contributed by atoms with Crippen molar-refractivity contribution >= 4 is 6.41 Å². The van der Waals surface area contributed by atoms with Gasteiger partial charge in [-0.2, -0.15) is 0 Å². The van der Waals surface area contributed by atoms with Crippen LogP contribution in [0, 0.1) is 0 Å². The van der Waals surface area contributed by atoms with Crippen LogP contribution in [0.5, 0.6) is 0 Å². The van der Waals surface area contributed by atoms with E-state index in [2.05, 4.69) is 11.4 Å². The van der Waals surface area contributed by atoms with Crippen LogP contribution in [0.3, 0.4) is 0 Å². The first-order valence-electron chi connectivity index (χ1n) is 2.99. The van der Waals surface area contributed by atoms with Gasteiger partial charge in [-0.3, -0.25) is 4.79 Å². The molecule has 1 aliphatic rings. The third-order valence-electron chi connectivity index (χ3n) is 1.26. The Labute approximate surface area is 54.3 Å². The molecule has 0 saturated carbocycles. The number of carbonyl (C=O) groups is 1. The van der Waals surface area contributed by atoms with Crippen molar-refractivity contribution in [2.24, 2.45) is 0 Å². The van der Waals surface area contributed by atoms with Crippen molar-refractivity contribution in [3.05, 3.63) is 23.9 Å². The molecule has 0 unspecified atom stereocenters. The molecule has 0 aromatic carbocycles. The Bertz CT molecular complexity index is 158. The lowest BCUT2D eigenvalue weighted by molar-refractivity contribution is -0.109. The molecule has 0 saturated heterocycles. The summed E-state index contributed by atoms with van der Waals surface area (Å²) in [4.78, 5) is 9.90. The van der Waals surface area contributed by atoms with Crippen LogP contribution in [0.25, 0.3) is 0 Å². The fourth-order valence-corrected chi connectivity index (χ4v) is 0.799. The molecule has 0 fully saturated rings. The fourth-order valence-electron chi connectivity index (χ4n) is 0.799. The quantitative estimate of drug-likeness (QED) is 0.544. The van der Waals surface area contributed by atoms with Crippen molar-refractivity contribution in [2.45, 2.75) is 12.8 Å². The summed E-state index contributed by atoms with van der Waals surface area (Å²) < 4.78 is 0. The van der Waals surface area contributed by atoms with Crippen LogP contribution < -0.4 is 5.32 Å². The number of allylic oxidation sites excluding steroid dienone is 4. The van der Waals surface area contributed by atoms with E-state index >= 15 is 0 Å². The van der Waals surface area contributed by atoms with E-state index in [1.54, 1.807) is 0 Å². The number of carbonyl (C=O) groups excluding carboxylic acids is 1. The zero-order chi connectivity index (χ0) is 6.53. The number of nitrogens with one attached hydrogen (secondary N) is 1. The molecular weight excluding hydrogens is 114 g/mol. The van der Waals surface area contributed by atoms with Crippen molar-refractivity contribution in [2.75, 3.05) is 0 Å². The minimum Gasteiger partial charge on any atom is -0.332 e. The van der Waals surface area contributed by atoms with E-state index in [0.29, 0.717) is 6.41 Å². The topological polar surface area (TPSA) is 29.1 Å². The van der Waals surface area contributed by atoms with Gasteiger partial charge in [-0.1, -0.05) is 12.2 Å². The maximum absolute atomic E-state index is 9.90. The molecule has 0 aliphatic heterocycles. The molecule has 2 nitrogen and oxygen atoms in total. The Hall–Kier alpha value is -1.05. The van der Waals surface area contributed by atoms with Crippen LogP contribution in [0.1, 0.15) is 12.8 Å². The van der Waals surface area contributed by atoms with Gasteiger partial charge in [0.2, 0.25) is 6.41 Å². The van der Waals surface area contributed by atoms with Gasteiger partial charge in [0.1, 0.15) is 0 Å². The third-order valence-corrected chi connectivity index (χ3v) is 1.26. The minimum atomic E-state index is 0.713. The number of rotatable bonds is 2. The van der Waals surface area contributed by atoms with Crippen molar-refractivity contribution in [1.82, 2.24) is 5.32 Å². The first kappa shape index (κ1) is 6.08. The molecular formula is C7H9NO. The summed E-state index contributed by atoms with van der Waals surface area (Å²) in [6, 6.07) is 0. The second-order valence-corrected chi connectivity index (χ2v) is 1.92. The average Bonchev–Trinajstić information content (AvgIpc) is 1.91. The van der Waals surface area contributed by atoms with Gasteiger partial charge in [-0.15, -0.1) is 0 Å². The molecule has 1 amide bonds. The van der Waals surface area contributed by atoms with Crippen molar-refractivity contribution in [3.63, 3.8) is 0 Å². The van der Waals surface area contributed by atoms with Crippen LogP contribution in [-0.4, -0.2) is 6.41 Å². The highest BCUT2D eigenvalue weighted by molar-refractivity contribution is 5.50. The van der Waals surface area contributed by atoms with Gasteiger partial charge in [0.15, 0.2) is 0 Å². The van der Waals surface area contributed by atoms with E-state index in [0.717, 1.165) is 18.5 Å². The summed E-state index contributed by atoms with van der Waals surface area (Å²) in [5, 5.41) is 2.61. The minimum absolute atomic E-state index is 0.713. The Balaban J connectivity index is 2.47. The molecule has 0 bridgehead atoms. The molecule has 0 atom stereocenters. The van der Waals surface area contributed by atoms with E-state index < -0.39 is 0 Å². The van der Waals surface area contributed by atoms with Gasteiger partial charge >= 0.3 is 0 Å². The van der Waals surface area contributed by atoms with E-state index in [-0.39, 0.29) is 0 Å². The Morgan fingerprint density at radius 1 is 1.67 bits per heavy atom. The maximum atomic E-state index is 9.90. The molecule has 1 N–H and O–H groups in total. The second-order valence-electron chi connectivity index (χ2n) is 1.92. The van der Waals surface area contributed by atoms with Crippen LogP contribution in [-0.2, 0) is 4.79 Å². The largest absolute Gasteiger partial charge is 0.332 e. The predicted molar refractivity (Wildman–Crippen MR) is 35.7 cm³/mol. The molecule has 0 spiro atoms. The van der Waals surface area contributed by atoms with E-state index in [1.807, 2.05) is 12.2 Å². The SMILES string of the molecule is O=CNC1=CC=CCC1. The normalized spacial score (nSPS) is 16.7. The first-order valence-corrected chi connectivity index (χ1v) is 2.99. The zero-order valence-corrected chi connectivity index (χ0v) is 5.13. The van der Waals surface area contributed by atoms with E-state index in [1.165, 1.54) is 0 Å². The van der Waals surface area contributed by atoms with Gasteiger partial charge in [-0.25, -0.2) is 0 Å². The fraction of sp³-hybridized carbons (Fsp3) is 0.286. The average molecular weight is 123 g/mol. The summed E-state index contributed by atoms with van der Waals surface area (Å²) in [6.45, 7) is 0. The summed E-state index contributed by atoms with van der Waals surface area (Å²) >= 11 is 0. The summed E-state index contributed by atoms with van der Waals surface area (Å²) in [7, 11) is 0. The van der Waals surface area contributed by atoms with Crippen molar-refractivity contribution < 1.29 is 4.79 Å². The van der Waals surface area contributed by atoms with Crippen molar-refractivity contribution in [3.8, 4) is 0 Å². The van der Waals surface area contributed by atoms with Crippen LogP contribution in [0.2, 0.25) is 0 Å². The molecule has 0 aromatic rings. The smallest absolute Gasteiger partial charge is 0.211 e. The summed E-state index contributed by atoms with van der Waals surface area (Å²) in [5.41, 5.74) is 1.01. The lowest BCUT2D eigenvalue weighted by atomic mass is 10.1. The van der Waals surface area contributed by atoms with Gasteiger partial charge in [0.05, 0.1) is 0 Å². The third kappa shape index (κ3) is 1.72. The first-order chi connectivity index (χ1) is 4.43. The van der Waals surface area contributed by atoms with Gasteiger partial charge < -0.3 is 5.32 Å². The second kappa shape index (κ2) is 3.07. The molecule has 0 aromatic heterocycles. The zero-order valence-electron chi connectivity index (χ0n) is 5.13.